The molecule has 0 unspecified atom stereocenters. The molecule has 2 amide bonds. The number of carbonyl (C=O) groups is 3. The lowest BCUT2D eigenvalue weighted by molar-refractivity contribution is -0.126. The number of halogens is 1. The molecule has 0 saturated heterocycles. The summed E-state index contributed by atoms with van der Waals surface area (Å²) in [6.45, 7) is 3.10. The van der Waals surface area contributed by atoms with E-state index in [9.17, 15) is 14.4 Å². The first-order chi connectivity index (χ1) is 12.8. The van der Waals surface area contributed by atoms with Gasteiger partial charge in [0.2, 0.25) is 5.91 Å². The average Bonchev–Trinajstić information content (AvgIpc) is 2.63. The highest BCUT2D eigenvalue weighted by Crippen LogP contribution is 2.19. The van der Waals surface area contributed by atoms with Gasteiger partial charge in [0.25, 0.3) is 5.91 Å². The molecule has 27 heavy (non-hydrogen) atoms. The van der Waals surface area contributed by atoms with Crippen molar-refractivity contribution >= 4 is 45.1 Å². The van der Waals surface area contributed by atoms with Crippen LogP contribution in [0.1, 0.15) is 21.5 Å². The third-order valence-corrected chi connectivity index (χ3v) is 4.39. The van der Waals surface area contributed by atoms with Crippen molar-refractivity contribution in [2.24, 2.45) is 0 Å². The Balaban J connectivity index is 1.80. The number of esters is 1. The number of aryl methyl sites for hydroxylation is 1. The Kier molecular flexibility index (Phi) is 6.95. The average molecular weight is 434 g/mol. The molecule has 0 heterocycles. The summed E-state index contributed by atoms with van der Waals surface area (Å²) in [5, 5.41) is 5.13. The quantitative estimate of drug-likeness (QED) is 0.478. The van der Waals surface area contributed by atoms with E-state index in [2.05, 4.69) is 26.6 Å². The smallest absolute Gasteiger partial charge is 0.340 e. The summed E-state index contributed by atoms with van der Waals surface area (Å²) in [6.07, 6.45) is 0. The molecular formula is C19H20BrN3O4. The van der Waals surface area contributed by atoms with Crippen molar-refractivity contribution in [2.45, 2.75) is 13.8 Å². The van der Waals surface area contributed by atoms with Gasteiger partial charge in [-0.25, -0.2) is 4.79 Å². The van der Waals surface area contributed by atoms with Gasteiger partial charge in [-0.05, 0) is 49.2 Å². The molecule has 2 aromatic rings. The number of hydrogen-bond donors (Lipinski definition) is 3. The Morgan fingerprint density at radius 3 is 2.59 bits per heavy atom. The molecule has 0 aromatic heterocycles. The highest BCUT2D eigenvalue weighted by atomic mass is 79.9. The first-order valence-electron chi connectivity index (χ1n) is 8.13. The van der Waals surface area contributed by atoms with E-state index in [1.54, 1.807) is 18.2 Å². The van der Waals surface area contributed by atoms with Gasteiger partial charge in [0.05, 0.1) is 12.1 Å². The van der Waals surface area contributed by atoms with Crippen molar-refractivity contribution in [2.75, 3.05) is 24.2 Å². The van der Waals surface area contributed by atoms with Crippen LogP contribution in [0.5, 0.6) is 0 Å². The maximum absolute atomic E-state index is 12.0. The Hall–Kier alpha value is -2.87. The van der Waals surface area contributed by atoms with Crippen molar-refractivity contribution in [3.05, 3.63) is 57.6 Å². The minimum atomic E-state index is -0.719. The first kappa shape index (κ1) is 20.4. The van der Waals surface area contributed by atoms with Crippen molar-refractivity contribution in [1.82, 2.24) is 5.32 Å². The van der Waals surface area contributed by atoms with Crippen LogP contribution < -0.4 is 16.4 Å². The van der Waals surface area contributed by atoms with Crippen molar-refractivity contribution in [3.63, 3.8) is 0 Å². The number of rotatable bonds is 6. The van der Waals surface area contributed by atoms with Gasteiger partial charge in [-0.2, -0.15) is 0 Å². The van der Waals surface area contributed by atoms with E-state index in [0.717, 1.165) is 11.1 Å². The fourth-order valence-corrected chi connectivity index (χ4v) is 2.59. The topological polar surface area (TPSA) is 111 Å². The number of nitrogens with one attached hydrogen (secondary N) is 2. The zero-order chi connectivity index (χ0) is 20.0. The zero-order valence-corrected chi connectivity index (χ0v) is 16.6. The standard InChI is InChI=1S/C19H20BrN3O4/c1-11-4-3-5-16(12(11)2)23-17(24)9-22-18(25)10-27-19(26)14-8-13(20)6-7-15(14)21/h3-8H,9-10,21H2,1-2H3,(H,22,25)(H,23,24). The second-order valence-corrected chi connectivity index (χ2v) is 6.80. The van der Waals surface area contributed by atoms with E-state index in [1.165, 1.54) is 6.07 Å². The molecular weight excluding hydrogens is 414 g/mol. The molecule has 0 bridgehead atoms. The summed E-state index contributed by atoms with van der Waals surface area (Å²) < 4.78 is 5.59. The monoisotopic (exact) mass is 433 g/mol. The predicted molar refractivity (Wildman–Crippen MR) is 106 cm³/mol. The summed E-state index contributed by atoms with van der Waals surface area (Å²) in [5.41, 5.74) is 8.81. The highest BCUT2D eigenvalue weighted by molar-refractivity contribution is 9.10. The van der Waals surface area contributed by atoms with Gasteiger partial charge >= 0.3 is 5.97 Å². The third-order valence-electron chi connectivity index (χ3n) is 3.89. The predicted octanol–water partition coefficient (Wildman–Crippen LogP) is 2.56. The van der Waals surface area contributed by atoms with Crippen molar-refractivity contribution in [3.8, 4) is 0 Å². The first-order valence-corrected chi connectivity index (χ1v) is 8.92. The van der Waals surface area contributed by atoms with E-state index >= 15 is 0 Å². The fourth-order valence-electron chi connectivity index (χ4n) is 2.22. The Bertz CT molecular complexity index is 883. The van der Waals surface area contributed by atoms with E-state index in [0.29, 0.717) is 10.2 Å². The van der Waals surface area contributed by atoms with E-state index in [1.807, 2.05) is 26.0 Å². The van der Waals surface area contributed by atoms with Crippen LogP contribution in [0, 0.1) is 13.8 Å². The summed E-state index contributed by atoms with van der Waals surface area (Å²) in [5.74, 6) is -1.68. The number of hydrogen-bond acceptors (Lipinski definition) is 5. The van der Waals surface area contributed by atoms with Gasteiger partial charge in [0.15, 0.2) is 6.61 Å². The van der Waals surface area contributed by atoms with Crippen LogP contribution in [-0.4, -0.2) is 30.9 Å². The second kappa shape index (κ2) is 9.18. The molecule has 7 nitrogen and oxygen atoms in total. The number of nitrogen functional groups attached to an aromatic ring is 1. The number of carbonyl (C=O) groups excluding carboxylic acids is 3. The van der Waals surface area contributed by atoms with Crippen LogP contribution in [0.15, 0.2) is 40.9 Å². The molecule has 8 heteroatoms. The van der Waals surface area contributed by atoms with Gasteiger partial charge < -0.3 is 21.1 Å². The van der Waals surface area contributed by atoms with Crippen LogP contribution in [0.4, 0.5) is 11.4 Å². The van der Waals surface area contributed by atoms with Crippen LogP contribution >= 0.6 is 15.9 Å². The summed E-state index contributed by atoms with van der Waals surface area (Å²) in [7, 11) is 0. The molecule has 0 spiro atoms. The number of amides is 2. The molecule has 2 aromatic carbocycles. The van der Waals surface area contributed by atoms with Gasteiger partial charge in [0, 0.05) is 15.8 Å². The van der Waals surface area contributed by atoms with E-state index in [-0.39, 0.29) is 23.7 Å². The number of ether oxygens (including phenoxy) is 1. The molecule has 0 aliphatic rings. The van der Waals surface area contributed by atoms with Crippen LogP contribution in [-0.2, 0) is 14.3 Å². The molecule has 0 atom stereocenters. The third kappa shape index (κ3) is 5.82. The minimum Gasteiger partial charge on any atom is -0.452 e. The van der Waals surface area contributed by atoms with Gasteiger partial charge in [0.1, 0.15) is 0 Å². The lowest BCUT2D eigenvalue weighted by atomic mass is 10.1. The Morgan fingerprint density at radius 1 is 1.11 bits per heavy atom. The lowest BCUT2D eigenvalue weighted by Gasteiger charge is -2.11. The normalized spacial score (nSPS) is 10.2. The zero-order valence-electron chi connectivity index (χ0n) is 15.0. The lowest BCUT2D eigenvalue weighted by Crippen LogP contribution is -2.35. The number of nitrogens with two attached hydrogens (primary N) is 1. The van der Waals surface area contributed by atoms with Crippen LogP contribution in [0.25, 0.3) is 0 Å². The SMILES string of the molecule is Cc1cccc(NC(=O)CNC(=O)COC(=O)c2cc(Br)ccc2N)c1C. The largest absolute Gasteiger partial charge is 0.452 e. The van der Waals surface area contributed by atoms with Crippen molar-refractivity contribution in [1.29, 1.82) is 0 Å². The molecule has 0 saturated carbocycles. The maximum Gasteiger partial charge on any atom is 0.340 e. The minimum absolute atomic E-state index is 0.157. The molecule has 0 aliphatic heterocycles. The maximum atomic E-state index is 12.0. The summed E-state index contributed by atoms with van der Waals surface area (Å²) >= 11 is 3.23. The highest BCUT2D eigenvalue weighted by Gasteiger charge is 2.14. The number of anilines is 2. The van der Waals surface area contributed by atoms with Gasteiger partial charge in [-0.3, -0.25) is 9.59 Å². The van der Waals surface area contributed by atoms with Gasteiger partial charge in [-0.15, -0.1) is 0 Å². The fraction of sp³-hybridized carbons (Fsp3) is 0.211. The Morgan fingerprint density at radius 2 is 1.85 bits per heavy atom. The number of benzene rings is 2. The van der Waals surface area contributed by atoms with E-state index in [4.69, 9.17) is 10.5 Å². The van der Waals surface area contributed by atoms with Crippen LogP contribution in [0.2, 0.25) is 0 Å². The molecule has 0 radical (unpaired) electrons. The molecule has 142 valence electrons. The van der Waals surface area contributed by atoms with E-state index < -0.39 is 18.5 Å². The Labute approximate surface area is 165 Å². The molecule has 2 rings (SSSR count). The van der Waals surface area contributed by atoms with Crippen molar-refractivity contribution < 1.29 is 19.1 Å². The molecule has 0 fully saturated rings. The molecule has 4 N–H and O–H groups in total. The summed E-state index contributed by atoms with van der Waals surface area (Å²) in [6, 6.07) is 10.3. The van der Waals surface area contributed by atoms with Crippen LogP contribution in [0.3, 0.4) is 0 Å². The molecule has 0 aliphatic carbocycles. The van der Waals surface area contributed by atoms with Gasteiger partial charge in [-0.1, -0.05) is 28.1 Å². The second-order valence-electron chi connectivity index (χ2n) is 5.88. The summed E-state index contributed by atoms with van der Waals surface area (Å²) in [4.78, 5) is 35.8.